The smallest absolute Gasteiger partial charge is 0.279 e. The van der Waals surface area contributed by atoms with Gasteiger partial charge in [-0.3, -0.25) is 15.6 Å². The van der Waals surface area contributed by atoms with Gasteiger partial charge in [-0.05, 0) is 55.7 Å². The van der Waals surface area contributed by atoms with Crippen molar-refractivity contribution in [1.29, 1.82) is 0 Å². The summed E-state index contributed by atoms with van der Waals surface area (Å²) in [6, 6.07) is 5.50. The van der Waals surface area contributed by atoms with Gasteiger partial charge in [0, 0.05) is 6.54 Å². The number of carbonyl (C=O) groups excluding carboxylic acids is 1. The van der Waals surface area contributed by atoms with Crippen LogP contribution >= 0.6 is 12.2 Å². The Hall–Kier alpha value is -1.89. The molecule has 25 heavy (non-hydrogen) atoms. The molecule has 0 aromatic heterocycles. The lowest BCUT2D eigenvalue weighted by Gasteiger charge is -2.19. The van der Waals surface area contributed by atoms with E-state index in [-0.39, 0.29) is 11.7 Å². The zero-order valence-corrected chi connectivity index (χ0v) is 15.9. The van der Waals surface area contributed by atoms with Crippen LogP contribution in [0.5, 0.6) is 5.75 Å². The summed E-state index contributed by atoms with van der Waals surface area (Å²) in [5.41, 5.74) is 5.18. The summed E-state index contributed by atoms with van der Waals surface area (Å²) in [5, 5.41) is 3.49. The molecule has 0 bridgehead atoms. The maximum atomic E-state index is 12.8. The first-order chi connectivity index (χ1) is 12.0. The molecule has 0 heterocycles. The Balaban J connectivity index is 2.29. The fourth-order valence-electron chi connectivity index (χ4n) is 2.22. The number of rotatable bonds is 9. The van der Waals surface area contributed by atoms with Gasteiger partial charge in [-0.25, -0.2) is 4.39 Å². The molecule has 0 fully saturated rings. The molecule has 0 radical (unpaired) electrons. The van der Waals surface area contributed by atoms with Gasteiger partial charge in [0.05, 0.1) is 0 Å². The van der Waals surface area contributed by atoms with E-state index in [1.165, 1.54) is 37.1 Å². The van der Waals surface area contributed by atoms with Crippen molar-refractivity contribution in [1.82, 2.24) is 16.2 Å². The van der Waals surface area contributed by atoms with Crippen LogP contribution in [0.15, 0.2) is 24.3 Å². The lowest BCUT2D eigenvalue weighted by atomic mass is 9.99. The largest absolute Gasteiger partial charge is 0.481 e. The zero-order chi connectivity index (χ0) is 18.7. The molecule has 1 aromatic carbocycles. The number of benzene rings is 1. The van der Waals surface area contributed by atoms with Crippen molar-refractivity contribution in [3.8, 4) is 5.75 Å². The van der Waals surface area contributed by atoms with E-state index in [0.29, 0.717) is 16.8 Å². The molecule has 3 N–H and O–H groups in total. The molecular formula is C18H28FN3O2S. The van der Waals surface area contributed by atoms with Crippen LogP contribution in [0.1, 0.15) is 46.5 Å². The van der Waals surface area contributed by atoms with Crippen molar-refractivity contribution in [2.45, 2.75) is 52.6 Å². The topological polar surface area (TPSA) is 62.4 Å². The number of ether oxygens (including phenoxy) is 1. The highest BCUT2D eigenvalue weighted by molar-refractivity contribution is 7.80. The predicted molar refractivity (Wildman–Crippen MR) is 102 cm³/mol. The van der Waals surface area contributed by atoms with Crippen LogP contribution in [0.4, 0.5) is 4.39 Å². The molecule has 1 amide bonds. The van der Waals surface area contributed by atoms with E-state index in [2.05, 4.69) is 30.0 Å². The minimum Gasteiger partial charge on any atom is -0.481 e. The van der Waals surface area contributed by atoms with Crippen molar-refractivity contribution < 1.29 is 13.9 Å². The summed E-state index contributed by atoms with van der Waals surface area (Å²) in [7, 11) is 0. The number of hydrazine groups is 1. The van der Waals surface area contributed by atoms with Gasteiger partial charge in [0.2, 0.25) is 0 Å². The number of thiocarbonyl (C=S) groups is 1. The minimum atomic E-state index is -0.742. The summed E-state index contributed by atoms with van der Waals surface area (Å²) < 4.78 is 18.3. The molecule has 0 aliphatic heterocycles. The van der Waals surface area contributed by atoms with E-state index in [0.717, 1.165) is 19.4 Å². The van der Waals surface area contributed by atoms with Gasteiger partial charge in [-0.15, -0.1) is 0 Å². The molecule has 5 nitrogen and oxygen atoms in total. The maximum Gasteiger partial charge on any atom is 0.279 e. The van der Waals surface area contributed by atoms with Gasteiger partial charge >= 0.3 is 0 Å². The first-order valence-corrected chi connectivity index (χ1v) is 9.13. The molecule has 7 heteroatoms. The third kappa shape index (κ3) is 8.67. The molecular weight excluding hydrogens is 341 g/mol. The van der Waals surface area contributed by atoms with E-state index in [4.69, 9.17) is 17.0 Å². The lowest BCUT2D eigenvalue weighted by molar-refractivity contribution is -0.127. The summed E-state index contributed by atoms with van der Waals surface area (Å²) in [4.78, 5) is 12.0. The first-order valence-electron chi connectivity index (χ1n) is 8.72. The lowest BCUT2D eigenvalue weighted by Crippen LogP contribution is -2.51. The van der Waals surface area contributed by atoms with E-state index < -0.39 is 6.10 Å². The normalized spacial score (nSPS) is 12.8. The Labute approximate surface area is 154 Å². The molecule has 0 aliphatic rings. The summed E-state index contributed by atoms with van der Waals surface area (Å²) >= 11 is 5.16. The second kappa shape index (κ2) is 11.6. The van der Waals surface area contributed by atoms with Crippen LogP contribution in [0.25, 0.3) is 0 Å². The number of amides is 1. The average molecular weight is 370 g/mol. The summed E-state index contributed by atoms with van der Waals surface area (Å²) in [5.74, 6) is 0.265. The second-order valence-corrected chi connectivity index (χ2v) is 6.36. The molecule has 1 aromatic rings. The SMILES string of the molecule is CCCC[C@H](CC)CNC(=S)NNC(=O)[C@@H](C)Oc1ccc(F)cc1. The molecule has 0 saturated heterocycles. The molecule has 0 aliphatic carbocycles. The van der Waals surface area contributed by atoms with E-state index in [1.807, 2.05) is 0 Å². The van der Waals surface area contributed by atoms with Gasteiger partial charge < -0.3 is 10.1 Å². The van der Waals surface area contributed by atoms with Crippen LogP contribution < -0.4 is 20.9 Å². The van der Waals surface area contributed by atoms with Gasteiger partial charge in [-0.1, -0.05) is 33.1 Å². The number of carbonyl (C=O) groups is 1. The highest BCUT2D eigenvalue weighted by atomic mass is 32.1. The average Bonchev–Trinajstić information content (AvgIpc) is 2.61. The van der Waals surface area contributed by atoms with Crippen LogP contribution in [0, 0.1) is 11.7 Å². The Morgan fingerprint density at radius 2 is 1.92 bits per heavy atom. The maximum absolute atomic E-state index is 12.8. The van der Waals surface area contributed by atoms with E-state index in [1.54, 1.807) is 6.92 Å². The predicted octanol–water partition coefficient (Wildman–Crippen LogP) is 3.30. The van der Waals surface area contributed by atoms with Gasteiger partial charge in [0.25, 0.3) is 5.91 Å². The standard InChI is InChI=1S/C18H28FN3O2S/c1-4-6-7-14(5-2)12-20-18(25)22-21-17(23)13(3)24-16-10-8-15(19)9-11-16/h8-11,13-14H,4-7,12H2,1-3H3,(H,21,23)(H2,20,22,25)/t13-,14+/m1/s1. The molecule has 1 rings (SSSR count). The molecule has 0 unspecified atom stereocenters. The highest BCUT2D eigenvalue weighted by Gasteiger charge is 2.15. The molecule has 0 spiro atoms. The van der Waals surface area contributed by atoms with Gasteiger partial charge in [-0.2, -0.15) is 0 Å². The van der Waals surface area contributed by atoms with Crippen LogP contribution in [-0.2, 0) is 4.79 Å². The number of halogens is 1. The number of unbranched alkanes of at least 4 members (excludes halogenated alkanes) is 1. The van der Waals surface area contributed by atoms with Crippen molar-refractivity contribution in [3.63, 3.8) is 0 Å². The van der Waals surface area contributed by atoms with Crippen molar-refractivity contribution in [2.24, 2.45) is 5.92 Å². The van der Waals surface area contributed by atoms with Crippen molar-refractivity contribution in [2.75, 3.05) is 6.54 Å². The van der Waals surface area contributed by atoms with Crippen LogP contribution in [0.2, 0.25) is 0 Å². The van der Waals surface area contributed by atoms with Crippen LogP contribution in [-0.4, -0.2) is 23.7 Å². The third-order valence-electron chi connectivity index (χ3n) is 3.89. The van der Waals surface area contributed by atoms with E-state index in [9.17, 15) is 9.18 Å². The highest BCUT2D eigenvalue weighted by Crippen LogP contribution is 2.13. The molecule has 0 saturated carbocycles. The monoisotopic (exact) mass is 369 g/mol. The van der Waals surface area contributed by atoms with Crippen molar-refractivity contribution in [3.05, 3.63) is 30.1 Å². The Morgan fingerprint density at radius 1 is 1.24 bits per heavy atom. The van der Waals surface area contributed by atoms with Gasteiger partial charge in [0.15, 0.2) is 11.2 Å². The quantitative estimate of drug-likeness (QED) is 0.460. The molecule has 140 valence electrons. The fraction of sp³-hybridized carbons (Fsp3) is 0.556. The Morgan fingerprint density at radius 3 is 2.52 bits per heavy atom. The minimum absolute atomic E-state index is 0.355. The fourth-order valence-corrected chi connectivity index (χ4v) is 2.35. The Bertz CT molecular complexity index is 540. The number of nitrogens with one attached hydrogen (secondary N) is 3. The Kier molecular flexibility index (Phi) is 9.84. The number of hydrogen-bond donors (Lipinski definition) is 3. The summed E-state index contributed by atoms with van der Waals surface area (Å²) in [6.45, 7) is 6.72. The molecule has 2 atom stereocenters. The van der Waals surface area contributed by atoms with Crippen LogP contribution in [0.3, 0.4) is 0 Å². The third-order valence-corrected chi connectivity index (χ3v) is 4.14. The van der Waals surface area contributed by atoms with Crippen molar-refractivity contribution >= 4 is 23.2 Å². The van der Waals surface area contributed by atoms with E-state index >= 15 is 0 Å². The zero-order valence-electron chi connectivity index (χ0n) is 15.1. The number of hydrogen-bond acceptors (Lipinski definition) is 3. The summed E-state index contributed by atoms with van der Waals surface area (Å²) in [6.07, 6.45) is 3.90. The second-order valence-electron chi connectivity index (χ2n) is 5.95. The van der Waals surface area contributed by atoms with Gasteiger partial charge in [0.1, 0.15) is 11.6 Å². The first kappa shape index (κ1) is 21.2.